The van der Waals surface area contributed by atoms with Gasteiger partial charge in [-0.3, -0.25) is 4.79 Å². The Morgan fingerprint density at radius 2 is 1.41 bits per heavy atom. The van der Waals surface area contributed by atoms with E-state index in [1.165, 1.54) is 5.56 Å². The van der Waals surface area contributed by atoms with Gasteiger partial charge in [-0.05, 0) is 74.3 Å². The molecule has 3 nitrogen and oxygen atoms in total. The predicted molar refractivity (Wildman–Crippen MR) is 139 cm³/mol. The number of unbranched alkanes of at least 4 members (excludes halogenated alkanes) is 1. The Bertz CT molecular complexity index is 983. The summed E-state index contributed by atoms with van der Waals surface area (Å²) in [5.41, 5.74) is 3.09. The van der Waals surface area contributed by atoms with Gasteiger partial charge in [0.2, 0.25) is 0 Å². The predicted octanol–water partition coefficient (Wildman–Crippen LogP) is 6.25. The van der Waals surface area contributed by atoms with Crippen LogP contribution in [-0.4, -0.2) is 35.4 Å². The highest BCUT2D eigenvalue weighted by Crippen LogP contribution is 2.41. The molecule has 0 unspecified atom stereocenters. The van der Waals surface area contributed by atoms with E-state index in [0.717, 1.165) is 68.4 Å². The van der Waals surface area contributed by atoms with Crippen LogP contribution in [0.2, 0.25) is 0 Å². The van der Waals surface area contributed by atoms with Crippen molar-refractivity contribution in [2.75, 3.05) is 19.6 Å². The molecule has 4 rings (SSSR count). The summed E-state index contributed by atoms with van der Waals surface area (Å²) in [6.45, 7) is 5.12. The Hall–Kier alpha value is -2.75. The number of nitrogens with zero attached hydrogens (tertiary/aromatic N) is 1. The van der Waals surface area contributed by atoms with Crippen molar-refractivity contribution in [1.29, 1.82) is 0 Å². The summed E-state index contributed by atoms with van der Waals surface area (Å²) in [5, 5.41) is 12.0. The van der Waals surface area contributed by atoms with E-state index < -0.39 is 5.60 Å². The maximum Gasteiger partial charge on any atom is 0.162 e. The van der Waals surface area contributed by atoms with Crippen molar-refractivity contribution in [3.05, 3.63) is 107 Å². The van der Waals surface area contributed by atoms with E-state index in [-0.39, 0.29) is 11.7 Å². The Morgan fingerprint density at radius 1 is 0.853 bits per heavy atom. The van der Waals surface area contributed by atoms with Crippen LogP contribution >= 0.6 is 0 Å². The number of hydrogen-bond donors (Lipinski definition) is 1. The lowest BCUT2D eigenvalue weighted by Gasteiger charge is -2.42. The third kappa shape index (κ3) is 5.65. The minimum atomic E-state index is -0.964. The number of aryl methyl sites for hydroxylation is 1. The SMILES string of the molecule is CCc1ccc(C(=O)CCCCN2CCC(C(O)(c3ccccc3)c3ccccc3)CC2)cc1. The van der Waals surface area contributed by atoms with Gasteiger partial charge in [0.15, 0.2) is 5.78 Å². The fourth-order valence-electron chi connectivity index (χ4n) is 5.29. The first-order valence-electron chi connectivity index (χ1n) is 12.8. The molecular formula is C31H37NO2. The molecule has 0 aromatic heterocycles. The van der Waals surface area contributed by atoms with Crippen molar-refractivity contribution in [3.63, 3.8) is 0 Å². The van der Waals surface area contributed by atoms with Crippen LogP contribution in [-0.2, 0) is 12.0 Å². The Kier molecular flexibility index (Phi) is 8.31. The van der Waals surface area contributed by atoms with Crippen LogP contribution in [0.3, 0.4) is 0 Å². The number of ketones is 1. The maximum absolute atomic E-state index is 12.5. The summed E-state index contributed by atoms with van der Waals surface area (Å²) in [7, 11) is 0. The molecule has 3 heteroatoms. The molecule has 1 saturated heterocycles. The number of aliphatic hydroxyl groups is 1. The van der Waals surface area contributed by atoms with Gasteiger partial charge >= 0.3 is 0 Å². The van der Waals surface area contributed by atoms with Gasteiger partial charge in [0, 0.05) is 12.0 Å². The van der Waals surface area contributed by atoms with Gasteiger partial charge in [-0.25, -0.2) is 0 Å². The zero-order valence-corrected chi connectivity index (χ0v) is 20.3. The number of Topliss-reactive ketones (excluding diaryl/α,β-unsaturated/α-hetero) is 1. The van der Waals surface area contributed by atoms with Crippen LogP contribution < -0.4 is 0 Å². The topological polar surface area (TPSA) is 40.5 Å². The normalized spacial score (nSPS) is 15.4. The van der Waals surface area contributed by atoms with E-state index in [1.807, 2.05) is 72.8 Å². The van der Waals surface area contributed by atoms with E-state index in [9.17, 15) is 9.90 Å². The van der Waals surface area contributed by atoms with E-state index in [4.69, 9.17) is 0 Å². The number of rotatable bonds is 10. The summed E-state index contributed by atoms with van der Waals surface area (Å²) >= 11 is 0. The summed E-state index contributed by atoms with van der Waals surface area (Å²) in [4.78, 5) is 15.0. The van der Waals surface area contributed by atoms with E-state index >= 15 is 0 Å². The van der Waals surface area contributed by atoms with E-state index in [2.05, 4.69) is 24.0 Å². The highest BCUT2D eigenvalue weighted by molar-refractivity contribution is 5.96. The van der Waals surface area contributed by atoms with Crippen LogP contribution in [0, 0.1) is 5.92 Å². The first-order chi connectivity index (χ1) is 16.6. The highest BCUT2D eigenvalue weighted by atomic mass is 16.3. The number of carbonyl (C=O) groups is 1. The highest BCUT2D eigenvalue weighted by Gasteiger charge is 2.41. The molecule has 0 amide bonds. The fraction of sp³-hybridized carbons (Fsp3) is 0.387. The second kappa shape index (κ2) is 11.6. The lowest BCUT2D eigenvalue weighted by molar-refractivity contribution is -0.0143. The largest absolute Gasteiger partial charge is 0.380 e. The Labute approximate surface area is 204 Å². The molecule has 1 N–H and O–H groups in total. The van der Waals surface area contributed by atoms with Gasteiger partial charge in [0.1, 0.15) is 5.60 Å². The molecule has 178 valence electrons. The number of likely N-dealkylation sites (tertiary alicyclic amines) is 1. The zero-order chi connectivity index (χ0) is 23.8. The lowest BCUT2D eigenvalue weighted by atomic mass is 9.72. The van der Waals surface area contributed by atoms with Crippen molar-refractivity contribution >= 4 is 5.78 Å². The minimum Gasteiger partial charge on any atom is -0.380 e. The first-order valence-corrected chi connectivity index (χ1v) is 12.8. The maximum atomic E-state index is 12.5. The Morgan fingerprint density at radius 3 is 1.94 bits per heavy atom. The molecule has 3 aromatic rings. The second-order valence-corrected chi connectivity index (χ2v) is 9.55. The standard InChI is InChI=1S/C31H37NO2/c1-2-25-16-18-26(19-17-25)30(33)15-9-10-22-32-23-20-29(21-24-32)31(34,27-11-5-3-6-12-27)28-13-7-4-8-14-28/h3-8,11-14,16-19,29,34H,2,9-10,15,20-24H2,1H3. The molecule has 0 bridgehead atoms. The molecule has 0 atom stereocenters. The fourth-order valence-corrected chi connectivity index (χ4v) is 5.29. The van der Waals surface area contributed by atoms with E-state index in [0.29, 0.717) is 6.42 Å². The summed E-state index contributed by atoms with van der Waals surface area (Å²) in [6, 6.07) is 28.3. The molecule has 1 heterocycles. The Balaban J connectivity index is 1.28. The molecular weight excluding hydrogens is 418 g/mol. The van der Waals surface area contributed by atoms with Crippen molar-refractivity contribution in [1.82, 2.24) is 4.90 Å². The number of benzene rings is 3. The van der Waals surface area contributed by atoms with Crippen LogP contribution in [0.5, 0.6) is 0 Å². The quantitative estimate of drug-likeness (QED) is 0.290. The summed E-state index contributed by atoms with van der Waals surface area (Å²) in [5.74, 6) is 0.429. The average Bonchev–Trinajstić information content (AvgIpc) is 2.92. The molecule has 3 aromatic carbocycles. The molecule has 0 aliphatic carbocycles. The van der Waals surface area contributed by atoms with Crippen molar-refractivity contribution < 1.29 is 9.90 Å². The van der Waals surface area contributed by atoms with Gasteiger partial charge in [-0.2, -0.15) is 0 Å². The van der Waals surface area contributed by atoms with Crippen LogP contribution in [0.15, 0.2) is 84.9 Å². The number of piperidine rings is 1. The van der Waals surface area contributed by atoms with E-state index in [1.54, 1.807) is 0 Å². The van der Waals surface area contributed by atoms with Crippen molar-refractivity contribution in [2.45, 2.75) is 51.0 Å². The monoisotopic (exact) mass is 455 g/mol. The molecule has 1 fully saturated rings. The number of carbonyl (C=O) groups excluding carboxylic acids is 1. The molecule has 1 aliphatic rings. The van der Waals surface area contributed by atoms with Gasteiger partial charge in [0.25, 0.3) is 0 Å². The van der Waals surface area contributed by atoms with Crippen LogP contribution in [0.4, 0.5) is 0 Å². The van der Waals surface area contributed by atoms with Crippen molar-refractivity contribution in [3.8, 4) is 0 Å². The van der Waals surface area contributed by atoms with Crippen molar-refractivity contribution in [2.24, 2.45) is 5.92 Å². The molecule has 0 saturated carbocycles. The lowest BCUT2D eigenvalue weighted by Crippen LogP contribution is -2.44. The second-order valence-electron chi connectivity index (χ2n) is 9.55. The third-order valence-electron chi connectivity index (χ3n) is 7.42. The van der Waals surface area contributed by atoms with Gasteiger partial charge in [-0.1, -0.05) is 91.9 Å². The molecule has 34 heavy (non-hydrogen) atoms. The summed E-state index contributed by atoms with van der Waals surface area (Å²) in [6.07, 6.45) is 5.49. The van der Waals surface area contributed by atoms with Crippen LogP contribution in [0.25, 0.3) is 0 Å². The molecule has 1 aliphatic heterocycles. The molecule has 0 radical (unpaired) electrons. The smallest absolute Gasteiger partial charge is 0.162 e. The summed E-state index contributed by atoms with van der Waals surface area (Å²) < 4.78 is 0. The average molecular weight is 456 g/mol. The zero-order valence-electron chi connectivity index (χ0n) is 20.3. The first kappa shape index (κ1) is 24.4. The molecule has 0 spiro atoms. The van der Waals surface area contributed by atoms with Gasteiger partial charge < -0.3 is 10.0 Å². The van der Waals surface area contributed by atoms with Gasteiger partial charge in [0.05, 0.1) is 0 Å². The third-order valence-corrected chi connectivity index (χ3v) is 7.42. The number of hydrogen-bond acceptors (Lipinski definition) is 3. The van der Waals surface area contributed by atoms with Gasteiger partial charge in [-0.15, -0.1) is 0 Å². The minimum absolute atomic E-state index is 0.182. The van der Waals surface area contributed by atoms with Crippen LogP contribution in [0.1, 0.15) is 66.1 Å².